The Balaban J connectivity index is 0.000000118. The van der Waals surface area contributed by atoms with Gasteiger partial charge in [-0.2, -0.15) is 0 Å². The summed E-state index contributed by atoms with van der Waals surface area (Å²) in [6, 6.07) is 138. The Morgan fingerprint density at radius 1 is 0.182 bits per heavy atom. The second kappa shape index (κ2) is 27.7. The maximum Gasteiger partial charge on any atom is 0.489 e. The summed E-state index contributed by atoms with van der Waals surface area (Å²) in [5.74, 6) is 0. The first kappa shape index (κ1) is 66.0. The van der Waals surface area contributed by atoms with Gasteiger partial charge >= 0.3 is 7.12 Å². The van der Waals surface area contributed by atoms with Gasteiger partial charge in [-0.3, -0.25) is 0 Å². The maximum absolute atomic E-state index is 10.2. The van der Waals surface area contributed by atoms with Crippen molar-refractivity contribution in [2.75, 3.05) is 0 Å². The standard InChI is InChI=1S/C52H32O.C30H21BO2.C22H13BrO/c1-2-11-36-28-40(25-22-33(36)10-1)37-14-9-15-42(29-37)52-45-18-7-5-16-43(45)51(44-17-6-8-19-46(44)52)35-23-20-34(21-24-35)41-26-27-49-47(31-41)48-30-38-12-3-4-13-39(38)32-50(48)53-49;32-31(33)30-27-14-5-3-12-25(27)29(26-13-4-6-15-28(26)30)24-11-7-10-22(19-24)23-17-16-20-8-1-2-9-21(20)18-23;23-18-8-5-14(6-9-18)17-7-10-21-19(12-17)20-11-15-3-1-2-4-16(15)13-22(20)24-21/h1-32H;1-19,32-33H;1-13H. The van der Waals surface area contributed by atoms with E-state index in [1.165, 1.54) is 131 Å². The third-order valence-electron chi connectivity index (χ3n) is 22.0. The summed E-state index contributed by atoms with van der Waals surface area (Å²) in [6.07, 6.45) is 0. The Morgan fingerprint density at radius 2 is 0.455 bits per heavy atom. The van der Waals surface area contributed by atoms with E-state index in [0.29, 0.717) is 5.46 Å². The summed E-state index contributed by atoms with van der Waals surface area (Å²) in [7, 11) is -1.54. The fourth-order valence-electron chi connectivity index (χ4n) is 16.7. The van der Waals surface area contributed by atoms with E-state index in [0.717, 1.165) is 81.2 Å². The van der Waals surface area contributed by atoms with Gasteiger partial charge in [0, 0.05) is 26.0 Å². The Kier molecular flexibility index (Phi) is 16.6. The average molecular weight is 1470 g/mol. The van der Waals surface area contributed by atoms with Crippen molar-refractivity contribution >= 4 is 159 Å². The van der Waals surface area contributed by atoms with E-state index in [1.54, 1.807) is 0 Å². The lowest BCUT2D eigenvalue weighted by atomic mass is 9.72. The lowest BCUT2D eigenvalue weighted by Crippen LogP contribution is -2.31. The largest absolute Gasteiger partial charge is 0.489 e. The second-order valence-corrected chi connectivity index (χ2v) is 29.4. The molecule has 0 aliphatic carbocycles. The van der Waals surface area contributed by atoms with E-state index in [9.17, 15) is 10.0 Å². The van der Waals surface area contributed by atoms with Crippen LogP contribution in [-0.2, 0) is 0 Å². The Labute approximate surface area is 643 Å². The van der Waals surface area contributed by atoms with Gasteiger partial charge in [0.15, 0.2) is 0 Å². The Morgan fingerprint density at radius 3 is 0.855 bits per heavy atom. The summed E-state index contributed by atoms with van der Waals surface area (Å²) in [6.45, 7) is 0. The van der Waals surface area contributed by atoms with Crippen LogP contribution in [0.15, 0.2) is 402 Å². The van der Waals surface area contributed by atoms with E-state index >= 15 is 0 Å². The van der Waals surface area contributed by atoms with Gasteiger partial charge in [-0.25, -0.2) is 0 Å². The average Bonchev–Trinajstić information content (AvgIpc) is 1.10. The zero-order valence-corrected chi connectivity index (χ0v) is 61.2. The van der Waals surface area contributed by atoms with Crippen LogP contribution in [-0.4, -0.2) is 17.2 Å². The van der Waals surface area contributed by atoms with Crippen LogP contribution in [0, 0.1) is 0 Å². The number of furan rings is 2. The maximum atomic E-state index is 10.2. The summed E-state index contributed by atoms with van der Waals surface area (Å²) in [5.41, 5.74) is 21.0. The quantitative estimate of drug-likeness (QED) is 0.118. The summed E-state index contributed by atoms with van der Waals surface area (Å²) >= 11 is 3.49. The van der Waals surface area contributed by atoms with Gasteiger partial charge in [-0.1, -0.05) is 319 Å². The second-order valence-electron chi connectivity index (χ2n) is 28.5. The van der Waals surface area contributed by atoms with Gasteiger partial charge in [0.25, 0.3) is 0 Å². The van der Waals surface area contributed by atoms with Crippen LogP contribution in [0.4, 0.5) is 0 Å². The van der Waals surface area contributed by atoms with Crippen LogP contribution in [0.25, 0.3) is 208 Å². The van der Waals surface area contributed by atoms with Crippen molar-refractivity contribution in [3.05, 3.63) is 393 Å². The van der Waals surface area contributed by atoms with Crippen LogP contribution in [0.5, 0.6) is 0 Å². The molecular formula is C104H66BBrO4. The highest BCUT2D eigenvalue weighted by atomic mass is 79.9. The SMILES string of the molecule is Brc1ccc(-c2ccc3oc4cc5ccccc5cc4c3c2)cc1.OB(O)c1c2ccccc2c(-c2cccc(-c3ccc4ccccc4c3)c2)c2ccccc12.c1cc(-c2ccc3ccccc3c2)cc(-c2c3ccccc3c(-c3ccc(-c4ccc5oc6cc7ccccc7cc6c5c4)cc3)c3ccccc23)c1. The van der Waals surface area contributed by atoms with Crippen LogP contribution in [0.2, 0.25) is 0 Å². The molecule has 0 amide bonds. The summed E-state index contributed by atoms with van der Waals surface area (Å²) in [4.78, 5) is 0. The summed E-state index contributed by atoms with van der Waals surface area (Å²) in [5, 5.41) is 43.6. The van der Waals surface area contributed by atoms with Gasteiger partial charge < -0.3 is 18.9 Å². The number of benzene rings is 20. The lowest BCUT2D eigenvalue weighted by Gasteiger charge is -2.18. The third kappa shape index (κ3) is 12.0. The molecule has 0 fully saturated rings. The van der Waals surface area contributed by atoms with Crippen molar-refractivity contribution in [3.63, 3.8) is 0 Å². The molecule has 22 rings (SSSR count). The number of hydrogen-bond donors (Lipinski definition) is 2. The highest BCUT2D eigenvalue weighted by Gasteiger charge is 2.24. The Bertz CT molecular complexity index is 7280. The van der Waals surface area contributed by atoms with Gasteiger partial charge in [0.2, 0.25) is 0 Å². The molecule has 20 aromatic carbocycles. The molecule has 6 heteroatoms. The monoisotopic (exact) mass is 1470 g/mol. The molecule has 516 valence electrons. The van der Waals surface area contributed by atoms with Crippen molar-refractivity contribution in [2.24, 2.45) is 0 Å². The smallest absolute Gasteiger partial charge is 0.456 e. The molecule has 0 spiro atoms. The van der Waals surface area contributed by atoms with Gasteiger partial charge in [-0.05, 0) is 254 Å². The van der Waals surface area contributed by atoms with E-state index in [1.807, 2.05) is 36.4 Å². The lowest BCUT2D eigenvalue weighted by molar-refractivity contribution is 0.426. The molecule has 0 saturated heterocycles. The van der Waals surface area contributed by atoms with Gasteiger partial charge in [-0.15, -0.1) is 0 Å². The minimum Gasteiger partial charge on any atom is -0.456 e. The zero-order valence-electron chi connectivity index (χ0n) is 59.6. The first-order valence-corrected chi connectivity index (χ1v) is 38.0. The number of rotatable bonds is 8. The number of fused-ring (bicyclic) bond motifs is 14. The topological polar surface area (TPSA) is 66.7 Å². The van der Waals surface area contributed by atoms with E-state index in [4.69, 9.17) is 8.83 Å². The molecule has 0 aliphatic rings. The first-order chi connectivity index (χ1) is 54.2. The van der Waals surface area contributed by atoms with Crippen molar-refractivity contribution in [1.29, 1.82) is 0 Å². The summed E-state index contributed by atoms with van der Waals surface area (Å²) < 4.78 is 13.4. The van der Waals surface area contributed by atoms with Crippen LogP contribution >= 0.6 is 15.9 Å². The van der Waals surface area contributed by atoms with Crippen molar-refractivity contribution in [1.82, 2.24) is 0 Å². The predicted octanol–water partition coefficient (Wildman–Crippen LogP) is 28.2. The molecule has 22 aromatic rings. The molecule has 0 radical (unpaired) electrons. The first-order valence-electron chi connectivity index (χ1n) is 37.2. The Hall–Kier alpha value is -13.5. The highest BCUT2D eigenvalue weighted by molar-refractivity contribution is 9.10. The molecule has 2 aromatic heterocycles. The molecule has 4 nitrogen and oxygen atoms in total. The van der Waals surface area contributed by atoms with E-state index < -0.39 is 7.12 Å². The molecule has 2 heterocycles. The fourth-order valence-corrected chi connectivity index (χ4v) is 17.0. The molecule has 0 bridgehead atoms. The van der Waals surface area contributed by atoms with Crippen LogP contribution < -0.4 is 5.46 Å². The van der Waals surface area contributed by atoms with Gasteiger partial charge in [0.1, 0.15) is 22.3 Å². The molecule has 0 aliphatic heterocycles. The molecular weight excluding hydrogens is 1400 g/mol. The van der Waals surface area contributed by atoms with E-state index in [2.05, 4.69) is 368 Å². The molecule has 110 heavy (non-hydrogen) atoms. The zero-order chi connectivity index (χ0) is 73.3. The van der Waals surface area contributed by atoms with Crippen molar-refractivity contribution in [2.45, 2.75) is 0 Å². The molecule has 2 N–H and O–H groups in total. The fraction of sp³-hybridized carbons (Fsp3) is 0. The van der Waals surface area contributed by atoms with Crippen molar-refractivity contribution in [3.8, 4) is 77.9 Å². The number of hydrogen-bond acceptors (Lipinski definition) is 4. The van der Waals surface area contributed by atoms with E-state index in [-0.39, 0.29) is 0 Å². The number of halogens is 1. The predicted molar refractivity (Wildman–Crippen MR) is 470 cm³/mol. The van der Waals surface area contributed by atoms with Crippen LogP contribution in [0.3, 0.4) is 0 Å². The molecule has 0 unspecified atom stereocenters. The molecule has 0 saturated carbocycles. The highest BCUT2D eigenvalue weighted by Crippen LogP contribution is 2.46. The minimum atomic E-state index is -1.54. The van der Waals surface area contributed by atoms with Crippen molar-refractivity contribution < 1.29 is 18.9 Å². The third-order valence-corrected chi connectivity index (χ3v) is 22.5. The minimum absolute atomic E-state index is 0.552. The molecule has 0 atom stereocenters. The van der Waals surface area contributed by atoms with Gasteiger partial charge in [0.05, 0.1) is 0 Å². The normalized spacial score (nSPS) is 11.6. The van der Waals surface area contributed by atoms with Crippen LogP contribution in [0.1, 0.15) is 0 Å².